The van der Waals surface area contributed by atoms with Gasteiger partial charge in [0, 0.05) is 10.6 Å². The van der Waals surface area contributed by atoms with E-state index in [1.54, 1.807) is 37.3 Å². The quantitative estimate of drug-likeness (QED) is 0.680. The molecule has 4 heteroatoms. The first-order chi connectivity index (χ1) is 8.58. The van der Waals surface area contributed by atoms with Gasteiger partial charge in [-0.1, -0.05) is 6.07 Å². The molecule has 0 unspecified atom stereocenters. The van der Waals surface area contributed by atoms with E-state index in [0.717, 1.165) is 10.6 Å². The molecule has 0 atom stereocenters. The summed E-state index contributed by atoms with van der Waals surface area (Å²) >= 11 is 1.55. The molecule has 0 amide bonds. The first kappa shape index (κ1) is 12.5. The summed E-state index contributed by atoms with van der Waals surface area (Å²) in [4.78, 5) is 27.4. The SMILES string of the molecule is Cc1cc(C)c(C(=O)C=Cc2cccs2)c(=O)[nH]1. The van der Waals surface area contributed by atoms with Crippen molar-refractivity contribution in [3.63, 3.8) is 0 Å². The second-order valence-electron chi connectivity index (χ2n) is 4.05. The van der Waals surface area contributed by atoms with Gasteiger partial charge in [-0.05, 0) is 49.1 Å². The van der Waals surface area contributed by atoms with Crippen LogP contribution in [-0.4, -0.2) is 10.8 Å². The fourth-order valence-electron chi connectivity index (χ4n) is 1.79. The predicted octanol–water partition coefficient (Wildman–Crippen LogP) is 2.95. The number of pyridine rings is 1. The van der Waals surface area contributed by atoms with Crippen LogP contribution in [0.1, 0.15) is 26.5 Å². The van der Waals surface area contributed by atoms with Crippen LogP contribution in [0.25, 0.3) is 6.08 Å². The molecular weight excluding hydrogens is 246 g/mol. The largest absolute Gasteiger partial charge is 0.326 e. The van der Waals surface area contributed by atoms with Gasteiger partial charge in [-0.25, -0.2) is 0 Å². The maximum atomic E-state index is 12.0. The summed E-state index contributed by atoms with van der Waals surface area (Å²) in [7, 11) is 0. The topological polar surface area (TPSA) is 49.9 Å². The van der Waals surface area contributed by atoms with Crippen molar-refractivity contribution < 1.29 is 4.79 Å². The number of hydrogen-bond donors (Lipinski definition) is 1. The van der Waals surface area contributed by atoms with Crippen LogP contribution in [0.4, 0.5) is 0 Å². The number of ketones is 1. The number of hydrogen-bond acceptors (Lipinski definition) is 3. The van der Waals surface area contributed by atoms with Crippen molar-refractivity contribution in [3.8, 4) is 0 Å². The highest BCUT2D eigenvalue weighted by Gasteiger charge is 2.11. The van der Waals surface area contributed by atoms with E-state index in [9.17, 15) is 9.59 Å². The molecule has 92 valence electrons. The molecule has 2 aromatic rings. The van der Waals surface area contributed by atoms with E-state index in [4.69, 9.17) is 0 Å². The van der Waals surface area contributed by atoms with E-state index in [-0.39, 0.29) is 16.9 Å². The average Bonchev–Trinajstić information content (AvgIpc) is 2.77. The minimum Gasteiger partial charge on any atom is -0.326 e. The summed E-state index contributed by atoms with van der Waals surface area (Å²) in [5.41, 5.74) is 1.36. The smallest absolute Gasteiger partial charge is 0.259 e. The van der Waals surface area contributed by atoms with Crippen LogP contribution in [0.15, 0.2) is 34.4 Å². The fraction of sp³-hybridized carbons (Fsp3) is 0.143. The highest BCUT2D eigenvalue weighted by Crippen LogP contribution is 2.12. The molecule has 3 nitrogen and oxygen atoms in total. The van der Waals surface area contributed by atoms with Gasteiger partial charge in [-0.3, -0.25) is 9.59 Å². The van der Waals surface area contributed by atoms with Gasteiger partial charge in [-0.2, -0.15) is 0 Å². The van der Waals surface area contributed by atoms with Gasteiger partial charge in [0.05, 0.1) is 5.56 Å². The van der Waals surface area contributed by atoms with Crippen molar-refractivity contribution in [1.82, 2.24) is 4.98 Å². The van der Waals surface area contributed by atoms with Crippen LogP contribution in [0, 0.1) is 13.8 Å². The Labute approximate surface area is 109 Å². The molecule has 0 bridgehead atoms. The molecule has 18 heavy (non-hydrogen) atoms. The average molecular weight is 259 g/mol. The lowest BCUT2D eigenvalue weighted by atomic mass is 10.1. The van der Waals surface area contributed by atoms with Crippen LogP contribution in [0.5, 0.6) is 0 Å². The number of carbonyl (C=O) groups excluding carboxylic acids is 1. The zero-order chi connectivity index (χ0) is 13.1. The Bertz CT molecular complexity index is 651. The summed E-state index contributed by atoms with van der Waals surface area (Å²) < 4.78 is 0. The fourth-order valence-corrected chi connectivity index (χ4v) is 2.41. The number of aromatic amines is 1. The number of aryl methyl sites for hydroxylation is 2. The normalized spacial score (nSPS) is 11.0. The van der Waals surface area contributed by atoms with Crippen molar-refractivity contribution in [2.75, 3.05) is 0 Å². The first-order valence-corrected chi connectivity index (χ1v) is 6.42. The molecule has 0 aromatic carbocycles. The summed E-state index contributed by atoms with van der Waals surface area (Å²) in [6.45, 7) is 3.57. The van der Waals surface area contributed by atoms with Crippen LogP contribution in [0.2, 0.25) is 0 Å². The summed E-state index contributed by atoms with van der Waals surface area (Å²) in [6.07, 6.45) is 3.17. The van der Waals surface area contributed by atoms with Gasteiger partial charge >= 0.3 is 0 Å². The Morgan fingerprint density at radius 1 is 1.39 bits per heavy atom. The molecule has 1 N–H and O–H groups in total. The van der Waals surface area contributed by atoms with Crippen molar-refractivity contribution in [2.45, 2.75) is 13.8 Å². The van der Waals surface area contributed by atoms with E-state index in [0.29, 0.717) is 5.56 Å². The monoisotopic (exact) mass is 259 g/mol. The molecule has 2 heterocycles. The number of thiophene rings is 1. The van der Waals surface area contributed by atoms with Crippen molar-refractivity contribution in [2.24, 2.45) is 0 Å². The van der Waals surface area contributed by atoms with Crippen LogP contribution >= 0.6 is 11.3 Å². The molecule has 0 spiro atoms. The Kier molecular flexibility index (Phi) is 3.58. The second kappa shape index (κ2) is 5.14. The number of rotatable bonds is 3. The number of aromatic nitrogens is 1. The van der Waals surface area contributed by atoms with E-state index in [2.05, 4.69) is 4.98 Å². The molecule has 0 saturated heterocycles. The van der Waals surface area contributed by atoms with Gasteiger partial charge < -0.3 is 4.98 Å². The standard InChI is InChI=1S/C14H13NO2S/c1-9-8-10(2)15-14(17)13(9)12(16)6-5-11-4-3-7-18-11/h3-8H,1-2H3,(H,15,17). The van der Waals surface area contributed by atoms with E-state index in [1.807, 2.05) is 17.5 Å². The third kappa shape index (κ3) is 2.65. The van der Waals surface area contributed by atoms with Gasteiger partial charge in [0.25, 0.3) is 5.56 Å². The molecule has 0 aliphatic heterocycles. The highest BCUT2D eigenvalue weighted by atomic mass is 32.1. The van der Waals surface area contributed by atoms with Gasteiger partial charge in [0.15, 0.2) is 5.78 Å². The Balaban J connectivity index is 2.33. The lowest BCUT2D eigenvalue weighted by Gasteiger charge is -2.02. The minimum absolute atomic E-state index is 0.216. The van der Waals surface area contributed by atoms with Crippen LogP contribution in [-0.2, 0) is 0 Å². The molecular formula is C14H13NO2S. The van der Waals surface area contributed by atoms with E-state index >= 15 is 0 Å². The molecule has 2 aromatic heterocycles. The molecule has 0 aliphatic carbocycles. The zero-order valence-electron chi connectivity index (χ0n) is 10.2. The van der Waals surface area contributed by atoms with Gasteiger partial charge in [-0.15, -0.1) is 11.3 Å². The Hall–Kier alpha value is -1.94. The lowest BCUT2D eigenvalue weighted by molar-refractivity contribution is 0.104. The first-order valence-electron chi connectivity index (χ1n) is 5.54. The lowest BCUT2D eigenvalue weighted by Crippen LogP contribution is -2.19. The zero-order valence-corrected chi connectivity index (χ0v) is 11.0. The predicted molar refractivity (Wildman–Crippen MR) is 74.2 cm³/mol. The third-order valence-corrected chi connectivity index (χ3v) is 3.39. The van der Waals surface area contributed by atoms with Crippen molar-refractivity contribution in [3.05, 3.63) is 61.7 Å². The number of carbonyl (C=O) groups is 1. The molecule has 0 saturated carbocycles. The van der Waals surface area contributed by atoms with Gasteiger partial charge in [0.2, 0.25) is 0 Å². The van der Waals surface area contributed by atoms with Crippen molar-refractivity contribution >= 4 is 23.2 Å². The summed E-state index contributed by atoms with van der Waals surface area (Å²) in [5, 5.41) is 1.94. The van der Waals surface area contributed by atoms with Crippen LogP contribution < -0.4 is 5.56 Å². The number of H-pyrrole nitrogens is 1. The maximum Gasteiger partial charge on any atom is 0.259 e. The molecule has 2 rings (SSSR count). The van der Waals surface area contributed by atoms with Crippen molar-refractivity contribution in [1.29, 1.82) is 0 Å². The van der Waals surface area contributed by atoms with Gasteiger partial charge in [0.1, 0.15) is 0 Å². The Morgan fingerprint density at radius 2 is 2.17 bits per heavy atom. The van der Waals surface area contributed by atoms with E-state index in [1.165, 1.54) is 6.08 Å². The minimum atomic E-state index is -0.326. The maximum absolute atomic E-state index is 12.0. The van der Waals surface area contributed by atoms with Crippen LogP contribution in [0.3, 0.4) is 0 Å². The number of nitrogens with one attached hydrogen (secondary N) is 1. The second-order valence-corrected chi connectivity index (χ2v) is 5.03. The summed E-state index contributed by atoms with van der Waals surface area (Å²) in [6, 6.07) is 5.63. The van der Waals surface area contributed by atoms with E-state index < -0.39 is 0 Å². The Morgan fingerprint density at radius 3 is 2.78 bits per heavy atom. The highest BCUT2D eigenvalue weighted by molar-refractivity contribution is 7.10. The number of allylic oxidation sites excluding steroid dienone is 1. The molecule has 0 aliphatic rings. The summed E-state index contributed by atoms with van der Waals surface area (Å²) in [5.74, 6) is -0.262. The molecule has 0 radical (unpaired) electrons. The molecule has 0 fully saturated rings. The third-order valence-electron chi connectivity index (χ3n) is 2.55.